The average Bonchev–Trinajstić information content (AvgIpc) is 2.74. The van der Waals surface area contributed by atoms with Gasteiger partial charge in [-0.15, -0.1) is 0 Å². The van der Waals surface area contributed by atoms with Crippen molar-refractivity contribution in [2.75, 3.05) is 13.7 Å². The van der Waals surface area contributed by atoms with Crippen molar-refractivity contribution in [2.45, 2.75) is 32.9 Å². The Bertz CT molecular complexity index is 519. The third kappa shape index (κ3) is 2.54. The van der Waals surface area contributed by atoms with E-state index in [1.165, 1.54) is 5.52 Å². The molecule has 2 rings (SSSR count). The molecule has 0 radical (unpaired) electrons. The van der Waals surface area contributed by atoms with Gasteiger partial charge in [-0.05, 0) is 24.1 Å². The van der Waals surface area contributed by atoms with Gasteiger partial charge in [0.2, 0.25) is 0 Å². The van der Waals surface area contributed by atoms with E-state index in [-0.39, 0.29) is 0 Å². The van der Waals surface area contributed by atoms with Crippen molar-refractivity contribution in [3.63, 3.8) is 0 Å². The Hall–Kier alpha value is -1.39. The monoisotopic (exact) mass is 247 g/mol. The lowest BCUT2D eigenvalue weighted by Gasteiger charge is -2.07. The molecule has 2 aromatic rings. The zero-order valence-electron chi connectivity index (χ0n) is 11.1. The fourth-order valence-electron chi connectivity index (χ4n) is 2.21. The topological polar surface area (TPSA) is 53.1 Å². The highest BCUT2D eigenvalue weighted by atomic mass is 16.5. The molecule has 0 atom stereocenters. The molecule has 1 aromatic carbocycles. The van der Waals surface area contributed by atoms with Gasteiger partial charge in [0.15, 0.2) is 0 Å². The molecule has 0 saturated heterocycles. The van der Waals surface area contributed by atoms with Gasteiger partial charge in [-0.25, -0.2) is 4.98 Å². The molecule has 0 unspecified atom stereocenters. The summed E-state index contributed by atoms with van der Waals surface area (Å²) < 4.78 is 7.43. The van der Waals surface area contributed by atoms with Crippen LogP contribution in [0.3, 0.4) is 0 Å². The Balaban J connectivity index is 2.44. The quantitative estimate of drug-likeness (QED) is 0.850. The van der Waals surface area contributed by atoms with Crippen molar-refractivity contribution in [1.82, 2.24) is 9.55 Å². The number of aromatic nitrogens is 2. The van der Waals surface area contributed by atoms with Crippen LogP contribution in [0.4, 0.5) is 0 Å². The third-order valence-electron chi connectivity index (χ3n) is 3.10. The summed E-state index contributed by atoms with van der Waals surface area (Å²) in [6.45, 7) is 4.44. The maximum atomic E-state index is 5.67. The van der Waals surface area contributed by atoms with E-state index in [1.807, 2.05) is 0 Å². The average molecular weight is 247 g/mol. The molecule has 0 bridgehead atoms. The Kier molecular flexibility index (Phi) is 4.33. The van der Waals surface area contributed by atoms with E-state index < -0.39 is 0 Å². The van der Waals surface area contributed by atoms with Gasteiger partial charge in [-0.3, -0.25) is 0 Å². The molecule has 0 spiro atoms. The molecule has 18 heavy (non-hydrogen) atoms. The zero-order chi connectivity index (χ0) is 13.0. The number of hydrogen-bond donors (Lipinski definition) is 1. The Morgan fingerprint density at radius 1 is 1.39 bits per heavy atom. The predicted octanol–water partition coefficient (Wildman–Crippen LogP) is 2.09. The number of aryl methyl sites for hydroxylation is 1. The Morgan fingerprint density at radius 2 is 2.22 bits per heavy atom. The molecule has 2 N–H and O–H groups in total. The number of fused-ring (bicyclic) bond motifs is 1. The first kappa shape index (κ1) is 13.1. The molecule has 0 saturated carbocycles. The first-order valence-corrected chi connectivity index (χ1v) is 6.47. The largest absolute Gasteiger partial charge is 0.384 e. The van der Waals surface area contributed by atoms with Crippen molar-refractivity contribution >= 4 is 11.0 Å². The summed E-state index contributed by atoms with van der Waals surface area (Å²) in [5.74, 6) is 1.10. The number of hydrogen-bond acceptors (Lipinski definition) is 3. The van der Waals surface area contributed by atoms with Crippen molar-refractivity contribution in [3.8, 4) is 0 Å². The van der Waals surface area contributed by atoms with Crippen LogP contribution in [0.1, 0.15) is 24.7 Å². The van der Waals surface area contributed by atoms with Crippen molar-refractivity contribution in [3.05, 3.63) is 29.6 Å². The van der Waals surface area contributed by atoms with Crippen LogP contribution < -0.4 is 5.73 Å². The molecule has 0 aliphatic rings. The molecular weight excluding hydrogens is 226 g/mol. The zero-order valence-corrected chi connectivity index (χ0v) is 11.1. The summed E-state index contributed by atoms with van der Waals surface area (Å²) in [6, 6.07) is 6.28. The van der Waals surface area contributed by atoms with E-state index in [9.17, 15) is 0 Å². The summed E-state index contributed by atoms with van der Waals surface area (Å²) in [5, 5.41) is 0. The highest BCUT2D eigenvalue weighted by Gasteiger charge is 2.10. The minimum absolute atomic E-state index is 0.560. The van der Waals surface area contributed by atoms with Crippen LogP contribution >= 0.6 is 0 Å². The van der Waals surface area contributed by atoms with Crippen LogP contribution in [-0.4, -0.2) is 23.3 Å². The van der Waals surface area contributed by atoms with E-state index >= 15 is 0 Å². The van der Waals surface area contributed by atoms with Crippen molar-refractivity contribution < 1.29 is 4.74 Å². The molecule has 0 fully saturated rings. The lowest BCUT2D eigenvalue weighted by Crippen LogP contribution is -2.06. The smallest absolute Gasteiger partial charge is 0.112 e. The second kappa shape index (κ2) is 5.98. The first-order valence-electron chi connectivity index (χ1n) is 6.47. The normalized spacial score (nSPS) is 11.3. The van der Waals surface area contributed by atoms with Crippen molar-refractivity contribution in [2.24, 2.45) is 5.73 Å². The summed E-state index contributed by atoms with van der Waals surface area (Å²) in [5.41, 5.74) is 9.03. The Labute approximate surface area is 108 Å². The minimum atomic E-state index is 0.560. The number of imidazole rings is 1. The van der Waals surface area contributed by atoms with E-state index in [0.717, 1.165) is 36.3 Å². The second-order valence-electron chi connectivity index (χ2n) is 4.45. The van der Waals surface area contributed by atoms with Gasteiger partial charge in [-0.1, -0.05) is 13.0 Å². The molecule has 4 heteroatoms. The SMILES string of the molecule is CCCn1c(CCOC)nc2cc(CN)ccc21. The van der Waals surface area contributed by atoms with Crippen LogP contribution in [-0.2, 0) is 24.2 Å². The van der Waals surface area contributed by atoms with E-state index in [2.05, 4.69) is 29.7 Å². The van der Waals surface area contributed by atoms with E-state index in [4.69, 9.17) is 15.5 Å². The molecule has 0 amide bonds. The van der Waals surface area contributed by atoms with Gasteiger partial charge in [0, 0.05) is 26.6 Å². The van der Waals surface area contributed by atoms with Crippen LogP contribution in [0.25, 0.3) is 11.0 Å². The summed E-state index contributed by atoms with van der Waals surface area (Å²) in [7, 11) is 1.72. The highest BCUT2D eigenvalue weighted by Crippen LogP contribution is 2.19. The molecule has 0 aliphatic carbocycles. The molecule has 1 aromatic heterocycles. The summed E-state index contributed by atoms with van der Waals surface area (Å²) in [6.07, 6.45) is 1.95. The van der Waals surface area contributed by atoms with Gasteiger partial charge < -0.3 is 15.0 Å². The summed E-state index contributed by atoms with van der Waals surface area (Å²) in [4.78, 5) is 4.70. The molecule has 0 aliphatic heterocycles. The Morgan fingerprint density at radius 3 is 2.89 bits per heavy atom. The molecule has 1 heterocycles. The predicted molar refractivity (Wildman–Crippen MR) is 73.5 cm³/mol. The van der Waals surface area contributed by atoms with Crippen molar-refractivity contribution in [1.29, 1.82) is 0 Å². The van der Waals surface area contributed by atoms with Gasteiger partial charge in [-0.2, -0.15) is 0 Å². The van der Waals surface area contributed by atoms with Gasteiger partial charge in [0.25, 0.3) is 0 Å². The number of benzene rings is 1. The minimum Gasteiger partial charge on any atom is -0.384 e. The first-order chi connectivity index (χ1) is 8.80. The lowest BCUT2D eigenvalue weighted by molar-refractivity contribution is 0.199. The maximum Gasteiger partial charge on any atom is 0.112 e. The fraction of sp³-hybridized carbons (Fsp3) is 0.500. The number of methoxy groups -OCH3 is 1. The number of rotatable bonds is 6. The fourth-order valence-corrected chi connectivity index (χ4v) is 2.21. The maximum absolute atomic E-state index is 5.67. The standard InChI is InChI=1S/C14H21N3O/c1-3-7-17-13-5-4-11(10-15)9-12(13)16-14(17)6-8-18-2/h4-5,9H,3,6-8,10,15H2,1-2H3. The number of nitrogens with zero attached hydrogens (tertiary/aromatic N) is 2. The van der Waals surface area contributed by atoms with Crippen LogP contribution in [0.2, 0.25) is 0 Å². The number of nitrogens with two attached hydrogens (primary N) is 1. The van der Waals surface area contributed by atoms with Crippen LogP contribution in [0.5, 0.6) is 0 Å². The van der Waals surface area contributed by atoms with Crippen LogP contribution in [0, 0.1) is 0 Å². The van der Waals surface area contributed by atoms with Crippen LogP contribution in [0.15, 0.2) is 18.2 Å². The molecular formula is C14H21N3O. The van der Waals surface area contributed by atoms with Gasteiger partial charge in [0.05, 0.1) is 17.6 Å². The summed E-state index contributed by atoms with van der Waals surface area (Å²) >= 11 is 0. The third-order valence-corrected chi connectivity index (χ3v) is 3.10. The number of ether oxygens (including phenoxy) is 1. The molecule has 4 nitrogen and oxygen atoms in total. The second-order valence-corrected chi connectivity index (χ2v) is 4.45. The molecule has 98 valence electrons. The lowest BCUT2D eigenvalue weighted by atomic mass is 10.2. The highest BCUT2D eigenvalue weighted by molar-refractivity contribution is 5.77. The van der Waals surface area contributed by atoms with E-state index in [0.29, 0.717) is 13.2 Å². The van der Waals surface area contributed by atoms with E-state index in [1.54, 1.807) is 7.11 Å². The van der Waals surface area contributed by atoms with Gasteiger partial charge in [0.1, 0.15) is 5.82 Å². The van der Waals surface area contributed by atoms with Gasteiger partial charge >= 0.3 is 0 Å².